The van der Waals surface area contributed by atoms with Gasteiger partial charge in [-0.3, -0.25) is 14.9 Å². The molecular formula is C25H20ClN3O3. The first-order chi connectivity index (χ1) is 15.5. The summed E-state index contributed by atoms with van der Waals surface area (Å²) in [6.45, 7) is 0. The van der Waals surface area contributed by atoms with E-state index in [2.05, 4.69) is 34.9 Å². The van der Waals surface area contributed by atoms with E-state index in [9.17, 15) is 14.9 Å². The zero-order chi connectivity index (χ0) is 22.2. The molecule has 0 saturated carbocycles. The maximum Gasteiger partial charge on any atom is 0.269 e. The first-order valence-corrected chi connectivity index (χ1v) is 10.8. The lowest BCUT2D eigenvalue weighted by Crippen LogP contribution is -2.29. The van der Waals surface area contributed by atoms with E-state index in [1.807, 2.05) is 24.3 Å². The molecule has 0 unspecified atom stereocenters. The van der Waals surface area contributed by atoms with Crippen LogP contribution in [0.15, 0.2) is 78.9 Å². The summed E-state index contributed by atoms with van der Waals surface area (Å²) >= 11 is 6.07. The van der Waals surface area contributed by atoms with Crippen molar-refractivity contribution in [3.63, 3.8) is 0 Å². The van der Waals surface area contributed by atoms with Gasteiger partial charge in [-0.1, -0.05) is 35.9 Å². The lowest BCUT2D eigenvalue weighted by molar-refractivity contribution is -0.384. The SMILES string of the molecule is O=C(Nc1ccc([N+](=O)[O-])cc1)c1ccc2c(c1)[C@H]1C=CC[C@H]1[C@@H](c1ccc(Cl)cc1)N2. The molecule has 3 aromatic carbocycles. The minimum absolute atomic E-state index is 0.0165. The molecule has 3 aromatic rings. The molecule has 6 nitrogen and oxygen atoms in total. The summed E-state index contributed by atoms with van der Waals surface area (Å²) in [4.78, 5) is 23.2. The van der Waals surface area contributed by atoms with Crippen molar-refractivity contribution in [2.24, 2.45) is 5.92 Å². The Morgan fingerprint density at radius 1 is 1.06 bits per heavy atom. The zero-order valence-electron chi connectivity index (χ0n) is 17.0. The largest absolute Gasteiger partial charge is 0.378 e. The maximum atomic E-state index is 12.8. The summed E-state index contributed by atoms with van der Waals surface area (Å²) < 4.78 is 0. The number of carbonyl (C=O) groups is 1. The Bertz CT molecular complexity index is 1220. The van der Waals surface area contributed by atoms with Crippen molar-refractivity contribution in [2.75, 3.05) is 10.6 Å². The van der Waals surface area contributed by atoms with Gasteiger partial charge in [-0.05, 0) is 65.9 Å². The number of non-ortho nitro benzene ring substituents is 1. The first-order valence-electron chi connectivity index (χ1n) is 10.4. The quantitative estimate of drug-likeness (QED) is 0.279. The standard InChI is InChI=1S/C25H20ClN3O3/c26-17-7-4-15(5-8-17)24-21-3-1-2-20(21)22-14-16(6-13-23(22)28-24)25(30)27-18-9-11-19(12-10-18)29(31)32/h1-2,4-14,20-21,24,28H,3H2,(H,27,30)/t20-,21+,24+/m0/s1. The van der Waals surface area contributed by atoms with Crippen LogP contribution in [0.5, 0.6) is 0 Å². The van der Waals surface area contributed by atoms with Crippen molar-refractivity contribution >= 4 is 34.6 Å². The lowest BCUT2D eigenvalue weighted by Gasteiger charge is -2.37. The highest BCUT2D eigenvalue weighted by Crippen LogP contribution is 2.50. The molecule has 3 atom stereocenters. The molecule has 1 aliphatic heterocycles. The molecule has 0 radical (unpaired) electrons. The van der Waals surface area contributed by atoms with Crippen LogP contribution >= 0.6 is 11.6 Å². The van der Waals surface area contributed by atoms with Crippen molar-refractivity contribution in [1.82, 2.24) is 0 Å². The fourth-order valence-corrected chi connectivity index (χ4v) is 4.73. The van der Waals surface area contributed by atoms with Gasteiger partial charge in [-0.2, -0.15) is 0 Å². The number of nitrogens with one attached hydrogen (secondary N) is 2. The Morgan fingerprint density at radius 3 is 2.53 bits per heavy atom. The Labute approximate surface area is 190 Å². The van der Waals surface area contributed by atoms with Crippen molar-refractivity contribution < 1.29 is 9.72 Å². The number of benzene rings is 3. The molecular weight excluding hydrogens is 426 g/mol. The normalized spacial score (nSPS) is 20.7. The fraction of sp³-hybridized carbons (Fsp3) is 0.160. The van der Waals surface area contributed by atoms with Gasteiger partial charge >= 0.3 is 0 Å². The summed E-state index contributed by atoms with van der Waals surface area (Å²) in [6, 6.07) is 19.6. The molecule has 0 fully saturated rings. The molecule has 1 heterocycles. The van der Waals surface area contributed by atoms with Gasteiger partial charge in [-0.25, -0.2) is 0 Å². The van der Waals surface area contributed by atoms with Crippen LogP contribution in [0.2, 0.25) is 5.02 Å². The van der Waals surface area contributed by atoms with Crippen LogP contribution < -0.4 is 10.6 Å². The van der Waals surface area contributed by atoms with E-state index in [1.54, 1.807) is 6.07 Å². The number of anilines is 2. The van der Waals surface area contributed by atoms with Crippen LogP contribution in [0.25, 0.3) is 0 Å². The van der Waals surface area contributed by atoms with Crippen molar-refractivity contribution in [3.05, 3.63) is 111 Å². The van der Waals surface area contributed by atoms with Gasteiger partial charge in [0.15, 0.2) is 0 Å². The summed E-state index contributed by atoms with van der Waals surface area (Å²) in [7, 11) is 0. The highest BCUT2D eigenvalue weighted by atomic mass is 35.5. The first kappa shape index (κ1) is 20.3. The van der Waals surface area contributed by atoms with E-state index in [-0.39, 0.29) is 23.6 Å². The third-order valence-electron chi connectivity index (χ3n) is 6.19. The minimum Gasteiger partial charge on any atom is -0.378 e. The number of halogens is 1. The summed E-state index contributed by atoms with van der Waals surface area (Å²) in [6.07, 6.45) is 5.40. The molecule has 1 amide bonds. The van der Waals surface area contributed by atoms with Crippen molar-refractivity contribution in [1.29, 1.82) is 0 Å². The third kappa shape index (κ3) is 3.74. The number of nitro benzene ring substituents is 1. The second-order valence-electron chi connectivity index (χ2n) is 8.09. The van der Waals surface area contributed by atoms with Crippen LogP contribution in [0, 0.1) is 16.0 Å². The van der Waals surface area contributed by atoms with Gasteiger partial charge in [0, 0.05) is 40.0 Å². The van der Waals surface area contributed by atoms with E-state index in [1.165, 1.54) is 29.8 Å². The highest BCUT2D eigenvalue weighted by Gasteiger charge is 2.38. The number of nitro groups is 1. The van der Waals surface area contributed by atoms with Gasteiger partial charge in [0.2, 0.25) is 0 Å². The smallest absolute Gasteiger partial charge is 0.269 e. The number of carbonyl (C=O) groups excluding carboxylic acids is 1. The Balaban J connectivity index is 1.40. The third-order valence-corrected chi connectivity index (χ3v) is 6.44. The lowest BCUT2D eigenvalue weighted by atomic mass is 9.76. The summed E-state index contributed by atoms with van der Waals surface area (Å²) in [5.74, 6) is 0.329. The fourth-order valence-electron chi connectivity index (χ4n) is 4.61. The van der Waals surface area contributed by atoms with Gasteiger partial charge < -0.3 is 10.6 Å². The number of rotatable bonds is 4. The molecule has 0 spiro atoms. The Hall–Kier alpha value is -3.64. The van der Waals surface area contributed by atoms with Crippen LogP contribution in [0.3, 0.4) is 0 Å². The predicted octanol–water partition coefficient (Wildman–Crippen LogP) is 6.33. The molecule has 7 heteroatoms. The molecule has 2 aliphatic rings. The Kier molecular flexibility index (Phi) is 5.15. The van der Waals surface area contributed by atoms with Crippen LogP contribution in [0.1, 0.15) is 39.9 Å². The number of hydrogen-bond donors (Lipinski definition) is 2. The second-order valence-corrected chi connectivity index (χ2v) is 8.52. The number of fused-ring (bicyclic) bond motifs is 3. The molecule has 2 N–H and O–H groups in total. The second kappa shape index (κ2) is 8.13. The van der Waals surface area contributed by atoms with E-state index >= 15 is 0 Å². The number of allylic oxidation sites excluding steroid dienone is 2. The number of hydrogen-bond acceptors (Lipinski definition) is 4. The molecule has 0 bridgehead atoms. The number of nitrogens with zero attached hydrogens (tertiary/aromatic N) is 1. The van der Waals surface area contributed by atoms with Crippen LogP contribution in [0.4, 0.5) is 17.1 Å². The summed E-state index contributed by atoms with van der Waals surface area (Å²) in [5.41, 5.74) is 4.36. The molecule has 32 heavy (non-hydrogen) atoms. The van der Waals surface area contributed by atoms with Crippen LogP contribution in [-0.4, -0.2) is 10.8 Å². The van der Waals surface area contributed by atoms with E-state index in [0.29, 0.717) is 17.2 Å². The minimum atomic E-state index is -0.467. The zero-order valence-corrected chi connectivity index (χ0v) is 17.8. The molecule has 1 aliphatic carbocycles. The van der Waals surface area contributed by atoms with Gasteiger partial charge in [0.25, 0.3) is 11.6 Å². The molecule has 0 saturated heterocycles. The van der Waals surface area contributed by atoms with Gasteiger partial charge in [-0.15, -0.1) is 0 Å². The molecule has 160 valence electrons. The highest BCUT2D eigenvalue weighted by molar-refractivity contribution is 6.30. The average Bonchev–Trinajstić information content (AvgIpc) is 3.29. The van der Waals surface area contributed by atoms with Gasteiger partial charge in [0.05, 0.1) is 11.0 Å². The molecule has 5 rings (SSSR count). The van der Waals surface area contributed by atoms with Gasteiger partial charge in [0.1, 0.15) is 0 Å². The number of amides is 1. The van der Waals surface area contributed by atoms with Crippen molar-refractivity contribution in [2.45, 2.75) is 18.4 Å². The van der Waals surface area contributed by atoms with E-state index in [4.69, 9.17) is 11.6 Å². The Morgan fingerprint density at radius 2 is 1.81 bits per heavy atom. The molecule has 0 aromatic heterocycles. The average molecular weight is 446 g/mol. The van der Waals surface area contributed by atoms with E-state index in [0.717, 1.165) is 22.7 Å². The van der Waals surface area contributed by atoms with Crippen LogP contribution in [-0.2, 0) is 0 Å². The monoisotopic (exact) mass is 445 g/mol. The summed E-state index contributed by atoms with van der Waals surface area (Å²) in [5, 5.41) is 18.0. The maximum absolute atomic E-state index is 12.8. The van der Waals surface area contributed by atoms with Crippen molar-refractivity contribution in [3.8, 4) is 0 Å². The predicted molar refractivity (Wildman–Crippen MR) is 125 cm³/mol. The topological polar surface area (TPSA) is 84.3 Å². The van der Waals surface area contributed by atoms with E-state index < -0.39 is 4.92 Å².